The van der Waals surface area contributed by atoms with Crippen LogP contribution in [-0.2, 0) is 10.8 Å². The maximum absolute atomic E-state index is 2.48. The van der Waals surface area contributed by atoms with Crippen molar-refractivity contribution in [1.82, 2.24) is 0 Å². The molecule has 0 amide bonds. The molecule has 0 fully saturated rings. The highest BCUT2D eigenvalue weighted by Crippen LogP contribution is 2.55. The monoisotopic (exact) mass is 644 g/mol. The second-order valence-electron chi connectivity index (χ2n) is 14.7. The average molecular weight is 645 g/mol. The molecule has 2 nitrogen and oxygen atoms in total. The summed E-state index contributed by atoms with van der Waals surface area (Å²) in [5.41, 5.74) is 17.0. The van der Waals surface area contributed by atoms with Crippen molar-refractivity contribution in [2.24, 2.45) is 0 Å². The third kappa shape index (κ3) is 4.63. The lowest BCUT2D eigenvalue weighted by Crippen LogP contribution is -2.31. The van der Waals surface area contributed by atoms with Crippen LogP contribution in [-0.4, -0.2) is 0 Å². The summed E-state index contributed by atoms with van der Waals surface area (Å²) in [6.45, 7) is 9.39. The Morgan fingerprint density at radius 1 is 0.300 bits per heavy atom. The summed E-state index contributed by atoms with van der Waals surface area (Å²) in [5.74, 6) is 0. The first kappa shape index (κ1) is 30.2. The predicted octanol–water partition coefficient (Wildman–Crippen LogP) is 13.2. The molecule has 0 bridgehead atoms. The molecule has 50 heavy (non-hydrogen) atoms. The first-order valence-electron chi connectivity index (χ1n) is 17.6. The predicted molar refractivity (Wildman–Crippen MR) is 211 cm³/mol. The Hall–Kier alpha value is -5.86. The van der Waals surface area contributed by atoms with E-state index in [1.54, 1.807) is 0 Å². The van der Waals surface area contributed by atoms with Gasteiger partial charge in [-0.1, -0.05) is 155 Å². The number of fused-ring (bicyclic) bond motifs is 4. The van der Waals surface area contributed by atoms with Gasteiger partial charge in [0, 0.05) is 22.2 Å². The summed E-state index contributed by atoms with van der Waals surface area (Å²) in [4.78, 5) is 4.96. The molecule has 2 heterocycles. The molecule has 0 unspecified atom stereocenters. The summed E-state index contributed by atoms with van der Waals surface area (Å²) in [5, 5.41) is 0. The lowest BCUT2D eigenvalue weighted by atomic mass is 9.73. The Morgan fingerprint density at radius 3 is 0.980 bits per heavy atom. The molecule has 0 atom stereocenters. The number of benzene rings is 7. The van der Waals surface area contributed by atoms with Crippen molar-refractivity contribution in [3.05, 3.63) is 192 Å². The van der Waals surface area contributed by atoms with Gasteiger partial charge in [-0.2, -0.15) is 0 Å². The highest BCUT2D eigenvalue weighted by Gasteiger charge is 2.39. The topological polar surface area (TPSA) is 6.48 Å². The van der Waals surface area contributed by atoms with E-state index in [2.05, 4.69) is 207 Å². The molecule has 9 rings (SSSR count). The van der Waals surface area contributed by atoms with E-state index in [1.165, 1.54) is 67.3 Å². The fourth-order valence-electron chi connectivity index (χ4n) is 8.40. The second-order valence-corrected chi connectivity index (χ2v) is 14.7. The van der Waals surface area contributed by atoms with Crippen LogP contribution in [0.1, 0.15) is 49.9 Å². The Morgan fingerprint density at radius 2 is 0.600 bits per heavy atom. The first-order valence-corrected chi connectivity index (χ1v) is 17.6. The SMILES string of the molecule is CC1(C)c2ccccc2N(c2cc(-c3ccc(-c4ccccc4)cc3)cc(N3c4ccccc4C(C)(C)c4ccccc43)c2)c2ccccc21. The van der Waals surface area contributed by atoms with Gasteiger partial charge in [-0.05, 0) is 87.0 Å². The summed E-state index contributed by atoms with van der Waals surface area (Å²) in [6.07, 6.45) is 0. The normalized spacial score (nSPS) is 15.0. The minimum absolute atomic E-state index is 0.131. The minimum Gasteiger partial charge on any atom is -0.310 e. The molecule has 7 aromatic rings. The third-order valence-electron chi connectivity index (χ3n) is 11.0. The maximum Gasteiger partial charge on any atom is 0.0502 e. The van der Waals surface area contributed by atoms with Crippen LogP contribution in [0.15, 0.2) is 170 Å². The van der Waals surface area contributed by atoms with Crippen molar-refractivity contribution in [1.29, 1.82) is 0 Å². The lowest BCUT2D eigenvalue weighted by molar-refractivity contribution is 0.631. The van der Waals surface area contributed by atoms with Gasteiger partial charge in [0.15, 0.2) is 0 Å². The lowest BCUT2D eigenvalue weighted by Gasteiger charge is -2.43. The van der Waals surface area contributed by atoms with E-state index in [0.717, 1.165) is 11.4 Å². The number of rotatable bonds is 4. The fourth-order valence-corrected chi connectivity index (χ4v) is 8.40. The molecule has 242 valence electrons. The van der Waals surface area contributed by atoms with Gasteiger partial charge in [0.1, 0.15) is 0 Å². The summed E-state index contributed by atoms with van der Waals surface area (Å²) in [6, 6.07) is 62.5. The number of para-hydroxylation sites is 4. The molecule has 0 aromatic heterocycles. The van der Waals surface area contributed by atoms with E-state index in [4.69, 9.17) is 0 Å². The van der Waals surface area contributed by atoms with Gasteiger partial charge >= 0.3 is 0 Å². The molecule has 2 heteroatoms. The summed E-state index contributed by atoms with van der Waals surface area (Å²) >= 11 is 0. The van der Waals surface area contributed by atoms with Crippen molar-refractivity contribution in [3.8, 4) is 22.3 Å². The maximum atomic E-state index is 2.48. The summed E-state index contributed by atoms with van der Waals surface area (Å²) in [7, 11) is 0. The van der Waals surface area contributed by atoms with E-state index < -0.39 is 0 Å². The molecule has 7 aromatic carbocycles. The molecular weight excluding hydrogens is 605 g/mol. The highest BCUT2D eigenvalue weighted by molar-refractivity contribution is 5.93. The van der Waals surface area contributed by atoms with Crippen molar-refractivity contribution in [3.63, 3.8) is 0 Å². The number of hydrogen-bond acceptors (Lipinski definition) is 2. The molecule has 0 saturated carbocycles. The largest absolute Gasteiger partial charge is 0.310 e. The molecule has 2 aliphatic heterocycles. The van der Waals surface area contributed by atoms with Crippen LogP contribution in [0, 0.1) is 0 Å². The van der Waals surface area contributed by atoms with Gasteiger partial charge in [0.05, 0.1) is 22.7 Å². The van der Waals surface area contributed by atoms with Crippen LogP contribution >= 0.6 is 0 Å². The van der Waals surface area contributed by atoms with Gasteiger partial charge in [0.25, 0.3) is 0 Å². The minimum atomic E-state index is -0.131. The number of hydrogen-bond donors (Lipinski definition) is 0. The Bertz CT molecular complexity index is 2160. The van der Waals surface area contributed by atoms with Crippen molar-refractivity contribution in [2.75, 3.05) is 9.80 Å². The molecule has 0 N–H and O–H groups in total. The Kier molecular flexibility index (Phi) is 6.86. The fraction of sp³-hybridized carbons (Fsp3) is 0.125. The van der Waals surface area contributed by atoms with Crippen LogP contribution < -0.4 is 9.80 Å². The first-order chi connectivity index (χ1) is 24.3. The molecule has 2 aliphatic rings. The van der Waals surface area contributed by atoms with Crippen LogP contribution in [0.3, 0.4) is 0 Å². The van der Waals surface area contributed by atoms with Crippen LogP contribution in [0.5, 0.6) is 0 Å². The zero-order valence-corrected chi connectivity index (χ0v) is 29.1. The average Bonchev–Trinajstić information content (AvgIpc) is 3.16. The van der Waals surface area contributed by atoms with Crippen molar-refractivity contribution in [2.45, 2.75) is 38.5 Å². The number of nitrogens with zero attached hydrogens (tertiary/aromatic N) is 2. The van der Waals surface area contributed by atoms with Gasteiger partial charge < -0.3 is 9.80 Å². The van der Waals surface area contributed by atoms with E-state index in [1.807, 2.05) is 0 Å². The van der Waals surface area contributed by atoms with Crippen molar-refractivity contribution >= 4 is 34.1 Å². The van der Waals surface area contributed by atoms with Gasteiger partial charge in [-0.25, -0.2) is 0 Å². The molecule has 0 spiro atoms. The van der Waals surface area contributed by atoms with E-state index in [0.29, 0.717) is 0 Å². The quantitative estimate of drug-likeness (QED) is 0.188. The zero-order valence-electron chi connectivity index (χ0n) is 29.1. The third-order valence-corrected chi connectivity index (χ3v) is 11.0. The Labute approximate surface area is 295 Å². The standard InChI is InChI=1S/C48H40N2/c1-47(2)39-18-8-12-22-43(39)49(44-23-13-9-19-40(44)47)37-30-36(35-28-26-34(27-29-35)33-16-6-5-7-17-33)31-38(32-37)50-45-24-14-10-20-41(45)48(3,4)42-21-11-15-25-46(42)50/h5-32H,1-4H3. The molecule has 0 aliphatic carbocycles. The molecule has 0 radical (unpaired) electrons. The van der Waals surface area contributed by atoms with E-state index in [-0.39, 0.29) is 10.8 Å². The number of anilines is 6. The molecule has 0 saturated heterocycles. The van der Waals surface area contributed by atoms with Crippen molar-refractivity contribution < 1.29 is 0 Å². The van der Waals surface area contributed by atoms with Gasteiger partial charge in [-0.3, -0.25) is 0 Å². The van der Waals surface area contributed by atoms with Crippen LogP contribution in [0.2, 0.25) is 0 Å². The van der Waals surface area contributed by atoms with Gasteiger partial charge in [0.2, 0.25) is 0 Å². The summed E-state index contributed by atoms with van der Waals surface area (Å²) < 4.78 is 0. The van der Waals surface area contributed by atoms with Gasteiger partial charge in [-0.15, -0.1) is 0 Å². The van der Waals surface area contributed by atoms with Crippen LogP contribution in [0.25, 0.3) is 22.3 Å². The second kappa shape index (κ2) is 11.4. The highest BCUT2D eigenvalue weighted by atomic mass is 15.2. The van der Waals surface area contributed by atoms with E-state index in [9.17, 15) is 0 Å². The Balaban J connectivity index is 1.30. The van der Waals surface area contributed by atoms with Crippen LogP contribution in [0.4, 0.5) is 34.1 Å². The zero-order chi connectivity index (χ0) is 34.0. The molecular formula is C48H40N2. The van der Waals surface area contributed by atoms with E-state index >= 15 is 0 Å². The smallest absolute Gasteiger partial charge is 0.0502 e.